The molecule has 0 saturated carbocycles. The Kier molecular flexibility index (Phi) is 5.70. The van der Waals surface area contributed by atoms with Crippen LogP contribution in [0.2, 0.25) is 0 Å². The number of hydrogen-bond acceptors (Lipinski definition) is 6. The number of aromatic nitrogens is 6. The van der Waals surface area contributed by atoms with Crippen LogP contribution in [0.1, 0.15) is 23.9 Å². The van der Waals surface area contributed by atoms with Crippen molar-refractivity contribution in [2.24, 2.45) is 0 Å². The predicted octanol–water partition coefficient (Wildman–Crippen LogP) is 5.00. The Morgan fingerprint density at radius 3 is 2.74 bits per heavy atom. The van der Waals surface area contributed by atoms with Crippen molar-refractivity contribution in [3.8, 4) is 22.4 Å². The maximum absolute atomic E-state index is 12.8. The van der Waals surface area contributed by atoms with Crippen LogP contribution in [0.15, 0.2) is 48.1 Å². The smallest absolute Gasteiger partial charge is 0.247 e. The summed E-state index contributed by atoms with van der Waals surface area (Å²) in [5.74, 6) is -0.200. The summed E-state index contributed by atoms with van der Waals surface area (Å²) in [6.45, 7) is 8.95. The first-order valence-corrected chi connectivity index (χ1v) is 12.0. The predicted molar refractivity (Wildman–Crippen MR) is 135 cm³/mol. The molecule has 0 spiro atoms. The number of amides is 1. The molecule has 1 N–H and O–H groups in total. The Labute approximate surface area is 201 Å². The standard InChI is InChI=1S/C25H25N7OS/c1-5-31-17(4)20(12-27-31)21-14-34-25(28-21)29-22(33)13-32-24-23(16(3)30-32)19(9-10-26-24)18-8-6-7-15(2)11-18/h6-12,14H,5,13H2,1-4H3,(H,28,29,33). The van der Waals surface area contributed by atoms with Crippen molar-refractivity contribution >= 4 is 33.4 Å². The van der Waals surface area contributed by atoms with E-state index in [-0.39, 0.29) is 12.5 Å². The average molecular weight is 472 g/mol. The topological polar surface area (TPSA) is 90.5 Å². The van der Waals surface area contributed by atoms with Gasteiger partial charge >= 0.3 is 0 Å². The largest absolute Gasteiger partial charge is 0.300 e. The summed E-state index contributed by atoms with van der Waals surface area (Å²) >= 11 is 1.39. The summed E-state index contributed by atoms with van der Waals surface area (Å²) in [5.41, 5.74) is 7.72. The molecule has 5 rings (SSSR count). The van der Waals surface area contributed by atoms with Crippen molar-refractivity contribution < 1.29 is 4.79 Å². The molecule has 0 aliphatic heterocycles. The lowest BCUT2D eigenvalue weighted by Crippen LogP contribution is -2.19. The number of rotatable bonds is 6. The molecule has 34 heavy (non-hydrogen) atoms. The van der Waals surface area contributed by atoms with Crippen LogP contribution in [0, 0.1) is 20.8 Å². The maximum Gasteiger partial charge on any atom is 0.247 e. The fourth-order valence-corrected chi connectivity index (χ4v) is 4.94. The molecule has 9 heteroatoms. The van der Waals surface area contributed by atoms with Gasteiger partial charge in [-0.05, 0) is 44.9 Å². The van der Waals surface area contributed by atoms with Gasteiger partial charge in [0, 0.05) is 34.8 Å². The number of fused-ring (bicyclic) bond motifs is 1. The second-order valence-corrected chi connectivity index (χ2v) is 9.07. The van der Waals surface area contributed by atoms with E-state index in [4.69, 9.17) is 0 Å². The van der Waals surface area contributed by atoms with E-state index in [9.17, 15) is 4.79 Å². The number of carbonyl (C=O) groups excluding carboxylic acids is 1. The van der Waals surface area contributed by atoms with E-state index in [0.29, 0.717) is 10.8 Å². The van der Waals surface area contributed by atoms with Gasteiger partial charge in [-0.25, -0.2) is 14.6 Å². The minimum absolute atomic E-state index is 0.0519. The van der Waals surface area contributed by atoms with Crippen molar-refractivity contribution in [1.29, 1.82) is 0 Å². The van der Waals surface area contributed by atoms with Gasteiger partial charge in [0.15, 0.2) is 10.8 Å². The van der Waals surface area contributed by atoms with Gasteiger partial charge in [0.25, 0.3) is 0 Å². The molecular weight excluding hydrogens is 446 g/mol. The fraction of sp³-hybridized carbons (Fsp3) is 0.240. The van der Waals surface area contributed by atoms with Crippen LogP contribution < -0.4 is 5.32 Å². The molecule has 0 saturated heterocycles. The van der Waals surface area contributed by atoms with Gasteiger partial charge in [-0.3, -0.25) is 9.48 Å². The van der Waals surface area contributed by atoms with Gasteiger partial charge < -0.3 is 5.32 Å². The third kappa shape index (κ3) is 3.99. The minimum atomic E-state index is -0.200. The van der Waals surface area contributed by atoms with Crippen LogP contribution in [-0.2, 0) is 17.9 Å². The summed E-state index contributed by atoms with van der Waals surface area (Å²) in [6.07, 6.45) is 3.58. The zero-order chi connectivity index (χ0) is 23.8. The highest BCUT2D eigenvalue weighted by Crippen LogP contribution is 2.31. The Balaban J connectivity index is 1.38. The van der Waals surface area contributed by atoms with E-state index in [1.165, 1.54) is 16.9 Å². The number of thiazole rings is 1. The third-order valence-electron chi connectivity index (χ3n) is 5.86. The van der Waals surface area contributed by atoms with Crippen molar-refractivity contribution in [2.75, 3.05) is 5.32 Å². The molecule has 4 aromatic heterocycles. The molecule has 0 radical (unpaired) electrons. The van der Waals surface area contributed by atoms with E-state index in [2.05, 4.69) is 57.5 Å². The van der Waals surface area contributed by atoms with E-state index in [1.54, 1.807) is 10.9 Å². The highest BCUT2D eigenvalue weighted by molar-refractivity contribution is 7.14. The first-order chi connectivity index (χ1) is 16.4. The van der Waals surface area contributed by atoms with Crippen molar-refractivity contribution in [2.45, 2.75) is 40.8 Å². The first-order valence-electron chi connectivity index (χ1n) is 11.1. The van der Waals surface area contributed by atoms with Crippen LogP contribution >= 0.6 is 11.3 Å². The monoisotopic (exact) mass is 471 g/mol. The third-order valence-corrected chi connectivity index (χ3v) is 6.62. The SMILES string of the molecule is CCn1ncc(-c2csc(NC(=O)Cn3nc(C)c4c(-c5cccc(C)c5)ccnc43)n2)c1C. The van der Waals surface area contributed by atoms with Crippen LogP contribution in [0.25, 0.3) is 33.4 Å². The van der Waals surface area contributed by atoms with Crippen LogP contribution in [0.3, 0.4) is 0 Å². The van der Waals surface area contributed by atoms with Gasteiger partial charge in [0.1, 0.15) is 6.54 Å². The maximum atomic E-state index is 12.8. The lowest BCUT2D eigenvalue weighted by atomic mass is 10.0. The van der Waals surface area contributed by atoms with Crippen molar-refractivity contribution in [1.82, 2.24) is 29.5 Å². The van der Waals surface area contributed by atoms with Crippen LogP contribution in [-0.4, -0.2) is 35.4 Å². The summed E-state index contributed by atoms with van der Waals surface area (Å²) in [6, 6.07) is 10.3. The Hall–Kier alpha value is -3.85. The van der Waals surface area contributed by atoms with Gasteiger partial charge in [-0.15, -0.1) is 11.3 Å². The number of hydrogen-bond donors (Lipinski definition) is 1. The van der Waals surface area contributed by atoms with Gasteiger partial charge in [-0.2, -0.15) is 10.2 Å². The van der Waals surface area contributed by atoms with E-state index >= 15 is 0 Å². The molecule has 0 unspecified atom stereocenters. The Bertz CT molecular complexity index is 1510. The minimum Gasteiger partial charge on any atom is -0.300 e. The molecule has 172 valence electrons. The van der Waals surface area contributed by atoms with Gasteiger partial charge in [0.05, 0.1) is 17.6 Å². The molecule has 0 atom stereocenters. The normalized spacial score (nSPS) is 11.3. The van der Waals surface area contributed by atoms with E-state index < -0.39 is 0 Å². The molecule has 8 nitrogen and oxygen atoms in total. The number of nitrogens with zero attached hydrogens (tertiary/aromatic N) is 6. The highest BCUT2D eigenvalue weighted by Gasteiger charge is 2.17. The fourth-order valence-electron chi connectivity index (χ4n) is 4.21. The summed E-state index contributed by atoms with van der Waals surface area (Å²) in [7, 11) is 0. The molecule has 0 fully saturated rings. The summed E-state index contributed by atoms with van der Waals surface area (Å²) in [4.78, 5) is 22.0. The summed E-state index contributed by atoms with van der Waals surface area (Å²) in [5, 5.41) is 15.3. The second-order valence-electron chi connectivity index (χ2n) is 8.22. The van der Waals surface area contributed by atoms with Crippen LogP contribution in [0.5, 0.6) is 0 Å². The lowest BCUT2D eigenvalue weighted by molar-refractivity contribution is -0.116. The van der Waals surface area contributed by atoms with Gasteiger partial charge in [-0.1, -0.05) is 29.8 Å². The van der Waals surface area contributed by atoms with Gasteiger partial charge in [0.2, 0.25) is 5.91 Å². The van der Waals surface area contributed by atoms with E-state index in [0.717, 1.165) is 45.7 Å². The Morgan fingerprint density at radius 2 is 1.97 bits per heavy atom. The summed E-state index contributed by atoms with van der Waals surface area (Å²) < 4.78 is 3.58. The number of nitrogens with one attached hydrogen (secondary N) is 1. The number of pyridine rings is 1. The van der Waals surface area contributed by atoms with Crippen molar-refractivity contribution in [3.63, 3.8) is 0 Å². The zero-order valence-corrected chi connectivity index (χ0v) is 20.3. The lowest BCUT2D eigenvalue weighted by Gasteiger charge is -2.06. The molecule has 0 aliphatic carbocycles. The molecule has 0 aliphatic rings. The number of benzene rings is 1. The number of aryl methyl sites for hydroxylation is 3. The zero-order valence-electron chi connectivity index (χ0n) is 19.5. The number of anilines is 1. The molecule has 0 bridgehead atoms. The molecular formula is C25H25N7OS. The van der Waals surface area contributed by atoms with Crippen LogP contribution in [0.4, 0.5) is 5.13 Å². The molecule has 4 heterocycles. The molecule has 1 amide bonds. The quantitative estimate of drug-likeness (QED) is 0.376. The average Bonchev–Trinajstić information content (AvgIpc) is 3.51. The second kappa shape index (κ2) is 8.83. The molecule has 1 aromatic carbocycles. The molecule has 5 aromatic rings. The van der Waals surface area contributed by atoms with E-state index in [1.807, 2.05) is 42.2 Å². The Morgan fingerprint density at radius 1 is 1.12 bits per heavy atom. The van der Waals surface area contributed by atoms with Crippen molar-refractivity contribution in [3.05, 3.63) is 65.1 Å². The first kappa shape index (κ1) is 22.0. The number of carbonyl (C=O) groups is 1. The highest BCUT2D eigenvalue weighted by atomic mass is 32.1.